The van der Waals surface area contributed by atoms with E-state index < -0.39 is 0 Å². The minimum atomic E-state index is 0.564. The van der Waals surface area contributed by atoms with Gasteiger partial charge < -0.3 is 14.8 Å². The van der Waals surface area contributed by atoms with E-state index in [1.165, 1.54) is 11.1 Å². The molecule has 0 unspecified atom stereocenters. The van der Waals surface area contributed by atoms with E-state index in [1.54, 1.807) is 14.2 Å². The van der Waals surface area contributed by atoms with Crippen LogP contribution in [0.15, 0.2) is 12.1 Å². The fourth-order valence-corrected chi connectivity index (χ4v) is 2.59. The van der Waals surface area contributed by atoms with E-state index in [0.29, 0.717) is 6.04 Å². The van der Waals surface area contributed by atoms with Gasteiger partial charge in [0.1, 0.15) is 0 Å². The Balaban J connectivity index is 2.15. The summed E-state index contributed by atoms with van der Waals surface area (Å²) < 4.78 is 10.7. The van der Waals surface area contributed by atoms with Crippen molar-refractivity contribution in [2.45, 2.75) is 26.4 Å². The number of piperazine rings is 1. The molecule has 106 valence electrons. The van der Waals surface area contributed by atoms with Gasteiger partial charge in [-0.3, -0.25) is 4.90 Å². The lowest BCUT2D eigenvalue weighted by Crippen LogP contribution is -2.48. The van der Waals surface area contributed by atoms with Gasteiger partial charge in [0.15, 0.2) is 11.5 Å². The number of nitrogens with one attached hydrogen (secondary N) is 1. The Labute approximate surface area is 115 Å². The van der Waals surface area contributed by atoms with Crippen molar-refractivity contribution in [3.8, 4) is 11.5 Å². The number of methoxy groups -OCH3 is 2. The van der Waals surface area contributed by atoms with Gasteiger partial charge in [0, 0.05) is 32.2 Å². The third-order valence-electron chi connectivity index (χ3n) is 3.69. The minimum Gasteiger partial charge on any atom is -0.493 e. The minimum absolute atomic E-state index is 0.564. The molecular weight excluding hydrogens is 240 g/mol. The number of benzene rings is 1. The molecule has 0 bridgehead atoms. The van der Waals surface area contributed by atoms with Crippen LogP contribution in [0.3, 0.4) is 0 Å². The molecule has 1 aliphatic heterocycles. The van der Waals surface area contributed by atoms with Crippen molar-refractivity contribution >= 4 is 0 Å². The van der Waals surface area contributed by atoms with E-state index in [4.69, 9.17) is 9.47 Å². The third kappa shape index (κ3) is 3.39. The Hall–Kier alpha value is -1.26. The summed E-state index contributed by atoms with van der Waals surface area (Å²) >= 11 is 0. The van der Waals surface area contributed by atoms with E-state index in [-0.39, 0.29) is 0 Å². The van der Waals surface area contributed by atoms with E-state index in [2.05, 4.69) is 36.2 Å². The van der Waals surface area contributed by atoms with Gasteiger partial charge in [0.05, 0.1) is 14.2 Å². The van der Waals surface area contributed by atoms with Crippen LogP contribution in [0.2, 0.25) is 0 Å². The average molecular weight is 264 g/mol. The van der Waals surface area contributed by atoms with Gasteiger partial charge in [-0.25, -0.2) is 0 Å². The van der Waals surface area contributed by atoms with Crippen molar-refractivity contribution in [1.82, 2.24) is 10.2 Å². The molecule has 4 nitrogen and oxygen atoms in total. The maximum absolute atomic E-state index is 5.39. The molecule has 2 rings (SSSR count). The van der Waals surface area contributed by atoms with Gasteiger partial charge >= 0.3 is 0 Å². The highest BCUT2D eigenvalue weighted by atomic mass is 16.5. The first-order chi connectivity index (χ1) is 9.13. The first-order valence-corrected chi connectivity index (χ1v) is 6.81. The lowest BCUT2D eigenvalue weighted by molar-refractivity contribution is 0.199. The molecule has 4 heteroatoms. The van der Waals surface area contributed by atoms with Crippen molar-refractivity contribution in [3.05, 3.63) is 23.3 Å². The predicted octanol–water partition coefficient (Wildman–Crippen LogP) is 1.81. The second-order valence-electron chi connectivity index (χ2n) is 5.22. The number of ether oxygens (including phenoxy) is 2. The zero-order valence-corrected chi connectivity index (χ0v) is 12.3. The van der Waals surface area contributed by atoms with Gasteiger partial charge in [-0.2, -0.15) is 0 Å². The number of hydrogen-bond donors (Lipinski definition) is 1. The molecule has 1 aliphatic rings. The summed E-state index contributed by atoms with van der Waals surface area (Å²) in [5.41, 5.74) is 2.57. The molecule has 1 atom stereocenters. The molecule has 1 saturated heterocycles. The summed E-state index contributed by atoms with van der Waals surface area (Å²) in [6.45, 7) is 8.58. The van der Waals surface area contributed by atoms with Crippen LogP contribution in [0.4, 0.5) is 0 Å². The van der Waals surface area contributed by atoms with Gasteiger partial charge in [-0.05, 0) is 37.1 Å². The molecule has 1 fully saturated rings. The van der Waals surface area contributed by atoms with Crippen LogP contribution < -0.4 is 14.8 Å². The normalized spacial score (nSPS) is 20.3. The first kappa shape index (κ1) is 14.2. The topological polar surface area (TPSA) is 33.7 Å². The standard InChI is InChI=1S/C15H24N2O2/c1-11-7-14(18-3)15(19-4)8-13(11)10-17-6-5-16-12(2)9-17/h7-8,12,16H,5-6,9-10H2,1-4H3/t12-/m0/s1. The Kier molecular flexibility index (Phi) is 4.66. The molecule has 0 amide bonds. The highest BCUT2D eigenvalue weighted by Gasteiger charge is 2.17. The lowest BCUT2D eigenvalue weighted by atomic mass is 10.1. The molecule has 0 saturated carbocycles. The average Bonchev–Trinajstić information content (AvgIpc) is 2.40. The van der Waals surface area contributed by atoms with Crippen LogP contribution in [-0.4, -0.2) is 44.8 Å². The van der Waals surface area contributed by atoms with Crippen LogP contribution >= 0.6 is 0 Å². The SMILES string of the molecule is COc1cc(C)c(CN2CCN[C@@H](C)C2)cc1OC. The molecule has 1 N–H and O–H groups in total. The Morgan fingerprint density at radius 1 is 1.26 bits per heavy atom. The van der Waals surface area contributed by atoms with E-state index in [0.717, 1.165) is 37.7 Å². The summed E-state index contributed by atoms with van der Waals surface area (Å²) in [6, 6.07) is 4.72. The van der Waals surface area contributed by atoms with Crippen molar-refractivity contribution < 1.29 is 9.47 Å². The van der Waals surface area contributed by atoms with Gasteiger partial charge in [0.25, 0.3) is 0 Å². The van der Waals surface area contributed by atoms with E-state index in [9.17, 15) is 0 Å². The van der Waals surface area contributed by atoms with Crippen molar-refractivity contribution in [1.29, 1.82) is 0 Å². The summed E-state index contributed by atoms with van der Waals surface area (Å²) in [7, 11) is 3.36. The second-order valence-corrected chi connectivity index (χ2v) is 5.22. The molecule has 0 spiro atoms. The fraction of sp³-hybridized carbons (Fsp3) is 0.600. The van der Waals surface area contributed by atoms with Crippen LogP contribution in [0.5, 0.6) is 11.5 Å². The Morgan fingerprint density at radius 3 is 2.58 bits per heavy atom. The van der Waals surface area contributed by atoms with Gasteiger partial charge in [-0.1, -0.05) is 0 Å². The number of aryl methyl sites for hydroxylation is 1. The van der Waals surface area contributed by atoms with Crippen LogP contribution in [0.1, 0.15) is 18.1 Å². The third-order valence-corrected chi connectivity index (χ3v) is 3.69. The van der Waals surface area contributed by atoms with Crippen LogP contribution in [-0.2, 0) is 6.54 Å². The molecule has 0 radical (unpaired) electrons. The largest absolute Gasteiger partial charge is 0.493 e. The zero-order chi connectivity index (χ0) is 13.8. The molecule has 1 aromatic rings. The highest BCUT2D eigenvalue weighted by Crippen LogP contribution is 2.30. The van der Waals surface area contributed by atoms with Crippen LogP contribution in [0, 0.1) is 6.92 Å². The summed E-state index contributed by atoms with van der Waals surface area (Å²) in [6.07, 6.45) is 0. The Morgan fingerprint density at radius 2 is 1.95 bits per heavy atom. The molecule has 0 aliphatic carbocycles. The maximum Gasteiger partial charge on any atom is 0.161 e. The maximum atomic E-state index is 5.39. The number of nitrogens with zero attached hydrogens (tertiary/aromatic N) is 1. The lowest BCUT2D eigenvalue weighted by Gasteiger charge is -2.32. The van der Waals surface area contributed by atoms with E-state index in [1.807, 2.05) is 0 Å². The van der Waals surface area contributed by atoms with E-state index >= 15 is 0 Å². The number of rotatable bonds is 4. The van der Waals surface area contributed by atoms with Crippen molar-refractivity contribution in [2.24, 2.45) is 0 Å². The fourth-order valence-electron chi connectivity index (χ4n) is 2.59. The Bertz CT molecular complexity index is 434. The summed E-state index contributed by atoms with van der Waals surface area (Å²) in [5.74, 6) is 1.61. The summed E-state index contributed by atoms with van der Waals surface area (Å²) in [4.78, 5) is 2.48. The molecule has 1 heterocycles. The molecule has 19 heavy (non-hydrogen) atoms. The summed E-state index contributed by atoms with van der Waals surface area (Å²) in [5, 5.41) is 3.47. The smallest absolute Gasteiger partial charge is 0.161 e. The van der Waals surface area contributed by atoms with Crippen molar-refractivity contribution in [2.75, 3.05) is 33.9 Å². The predicted molar refractivity (Wildman–Crippen MR) is 77.0 cm³/mol. The van der Waals surface area contributed by atoms with Gasteiger partial charge in [-0.15, -0.1) is 0 Å². The highest BCUT2D eigenvalue weighted by molar-refractivity contribution is 5.47. The molecule has 1 aromatic carbocycles. The molecule has 0 aromatic heterocycles. The first-order valence-electron chi connectivity index (χ1n) is 6.81. The van der Waals surface area contributed by atoms with Crippen LogP contribution in [0.25, 0.3) is 0 Å². The monoisotopic (exact) mass is 264 g/mol. The molecular formula is C15H24N2O2. The number of hydrogen-bond acceptors (Lipinski definition) is 4. The van der Waals surface area contributed by atoms with Crippen molar-refractivity contribution in [3.63, 3.8) is 0 Å². The second kappa shape index (κ2) is 6.26. The zero-order valence-electron chi connectivity index (χ0n) is 12.3. The quantitative estimate of drug-likeness (QED) is 0.899. The van der Waals surface area contributed by atoms with Gasteiger partial charge in [0.2, 0.25) is 0 Å².